The largest absolute Gasteiger partial charge is 0.493 e. The van der Waals surface area contributed by atoms with Crippen molar-refractivity contribution in [3.63, 3.8) is 0 Å². The van der Waals surface area contributed by atoms with Gasteiger partial charge in [-0.05, 0) is 67.9 Å². The highest BCUT2D eigenvalue weighted by atomic mass is 16.5. The second kappa shape index (κ2) is 8.36. The Labute approximate surface area is 182 Å². The Morgan fingerprint density at radius 2 is 1.86 bits per heavy atom. The molecule has 2 aromatic rings. The van der Waals surface area contributed by atoms with Crippen molar-refractivity contribution in [1.82, 2.24) is 4.90 Å². The van der Waals surface area contributed by atoms with Crippen LogP contribution in [0.2, 0.25) is 0 Å². The zero-order valence-corrected chi connectivity index (χ0v) is 15.3. The number of hydrogen-bond donors (Lipinski definition) is 0. The lowest BCUT2D eigenvalue weighted by Gasteiger charge is -2.32. The van der Waals surface area contributed by atoms with Gasteiger partial charge in [-0.15, -0.1) is 0 Å². The summed E-state index contributed by atoms with van der Waals surface area (Å²) in [7, 11) is -5.93. The number of carbonyl (C=O) groups excluding carboxylic acids is 1. The van der Waals surface area contributed by atoms with Gasteiger partial charge in [0.25, 0.3) is 0 Å². The van der Waals surface area contributed by atoms with Crippen LogP contribution in [0.25, 0.3) is 0 Å². The number of carbonyl (C=O) groups is 1. The first kappa shape index (κ1) is 9.93. The van der Waals surface area contributed by atoms with Crippen LogP contribution in [0.5, 0.6) is 11.5 Å². The van der Waals surface area contributed by atoms with Gasteiger partial charge in [0.15, 0.2) is 17.3 Å². The Hall–Kier alpha value is -2.33. The predicted molar refractivity (Wildman–Crippen MR) is 110 cm³/mol. The van der Waals surface area contributed by atoms with Gasteiger partial charge >= 0.3 is 0 Å². The molecule has 0 spiro atoms. The average Bonchev–Trinajstić information content (AvgIpc) is 3.08. The summed E-state index contributed by atoms with van der Waals surface area (Å²) in [5.41, 5.74) is 0.521. The molecule has 1 saturated heterocycles. The van der Waals surface area contributed by atoms with Crippen molar-refractivity contribution in [1.29, 1.82) is 0 Å². The Bertz CT molecular complexity index is 1220. The number of nitrogens with zero attached hydrogens (tertiary/aromatic N) is 1. The smallest absolute Gasteiger partial charge is 0.166 e. The standard InChI is InChI=1S/C24H29NO3/c1-27-22-14-19-13-20(24(26)21(19)15-23(22)28-2)12-17-8-10-25(11-9-17)16-18-6-4-3-5-7-18/h3-7,14-15,17,20H,8-13,16H2,1-2H3/i1D3,2D3,12D2,16D2,20D. The van der Waals surface area contributed by atoms with Crippen LogP contribution >= 0.6 is 0 Å². The summed E-state index contributed by atoms with van der Waals surface area (Å²) in [6, 6.07) is 10.8. The highest BCUT2D eigenvalue weighted by Crippen LogP contribution is 2.39. The second-order valence-corrected chi connectivity index (χ2v) is 7.03. The van der Waals surface area contributed by atoms with Gasteiger partial charge in [0.1, 0.15) is 0 Å². The molecule has 0 radical (unpaired) electrons. The lowest BCUT2D eigenvalue weighted by atomic mass is 9.85. The summed E-state index contributed by atoms with van der Waals surface area (Å²) in [5, 5.41) is 0. The van der Waals surface area contributed by atoms with Crippen molar-refractivity contribution in [2.24, 2.45) is 11.8 Å². The molecule has 0 aromatic heterocycles. The molecule has 1 aliphatic carbocycles. The summed E-state index contributed by atoms with van der Waals surface area (Å²) in [6.07, 6.45) is -2.27. The van der Waals surface area contributed by atoms with Crippen molar-refractivity contribution < 1.29 is 29.3 Å². The number of Topliss-reactive ketones (excluding diaryl/α,β-unsaturated/α-hetero) is 1. The molecule has 2 aromatic carbocycles. The molecule has 1 atom stereocenters. The number of fused-ring (bicyclic) bond motifs is 1. The van der Waals surface area contributed by atoms with E-state index in [1.165, 1.54) is 0 Å². The molecule has 4 nitrogen and oxygen atoms in total. The minimum Gasteiger partial charge on any atom is -0.493 e. The van der Waals surface area contributed by atoms with E-state index in [0.717, 1.165) is 12.1 Å². The third kappa shape index (κ3) is 3.93. The normalized spacial score (nSPS) is 30.6. The van der Waals surface area contributed by atoms with E-state index >= 15 is 0 Å². The first-order valence-electron chi connectivity index (χ1n) is 14.8. The fraction of sp³-hybridized carbons (Fsp3) is 0.458. The molecule has 28 heavy (non-hydrogen) atoms. The third-order valence-corrected chi connectivity index (χ3v) is 5.21. The zero-order valence-electron chi connectivity index (χ0n) is 26.3. The van der Waals surface area contributed by atoms with E-state index in [2.05, 4.69) is 0 Å². The van der Waals surface area contributed by atoms with Gasteiger partial charge in [-0.2, -0.15) is 0 Å². The number of methoxy groups -OCH3 is 2. The van der Waals surface area contributed by atoms with Gasteiger partial charge in [-0.3, -0.25) is 9.69 Å². The molecule has 0 bridgehead atoms. The first-order valence-corrected chi connectivity index (χ1v) is 9.25. The second-order valence-electron chi connectivity index (χ2n) is 7.03. The minimum atomic E-state index is -2.98. The van der Waals surface area contributed by atoms with Gasteiger partial charge in [0.05, 0.1) is 22.3 Å². The van der Waals surface area contributed by atoms with Crippen LogP contribution in [0.4, 0.5) is 0 Å². The molecular weight excluding hydrogens is 350 g/mol. The summed E-state index contributed by atoms with van der Waals surface area (Å²) in [4.78, 5) is 15.1. The Morgan fingerprint density at radius 1 is 1.14 bits per heavy atom. The number of hydrogen-bond acceptors (Lipinski definition) is 4. The molecule has 1 aliphatic heterocycles. The summed E-state index contributed by atoms with van der Waals surface area (Å²) in [5.74, 6) is -4.82. The van der Waals surface area contributed by atoms with Crippen LogP contribution < -0.4 is 9.47 Å². The molecule has 1 unspecified atom stereocenters. The maximum atomic E-state index is 13.5. The van der Waals surface area contributed by atoms with E-state index in [1.54, 1.807) is 35.2 Å². The van der Waals surface area contributed by atoms with Crippen molar-refractivity contribution >= 4 is 5.78 Å². The highest BCUT2D eigenvalue weighted by Gasteiger charge is 2.34. The Balaban J connectivity index is 1.58. The topological polar surface area (TPSA) is 38.8 Å². The maximum Gasteiger partial charge on any atom is 0.166 e. The first-order chi connectivity index (χ1) is 17.8. The van der Waals surface area contributed by atoms with Crippen LogP contribution in [0, 0.1) is 11.8 Å². The predicted octanol–water partition coefficient (Wildman–Crippen LogP) is 4.36. The molecule has 0 saturated carbocycles. The fourth-order valence-corrected chi connectivity index (χ4v) is 3.75. The molecule has 2 aliphatic rings. The van der Waals surface area contributed by atoms with Gasteiger partial charge in [0.2, 0.25) is 0 Å². The Kier molecular flexibility index (Phi) is 2.96. The minimum absolute atomic E-state index is 0.121. The average molecular weight is 391 g/mol. The van der Waals surface area contributed by atoms with E-state index in [-0.39, 0.29) is 43.5 Å². The van der Waals surface area contributed by atoms with Crippen LogP contribution in [0.15, 0.2) is 42.5 Å². The number of benzene rings is 2. The number of piperidine rings is 1. The maximum absolute atomic E-state index is 13.5. The molecule has 0 N–H and O–H groups in total. The van der Waals surface area contributed by atoms with E-state index in [0.29, 0.717) is 5.56 Å². The molecule has 1 heterocycles. The van der Waals surface area contributed by atoms with Gasteiger partial charge in [0, 0.05) is 24.8 Å². The number of rotatable bonds is 6. The van der Waals surface area contributed by atoms with E-state index in [1.807, 2.05) is 0 Å². The van der Waals surface area contributed by atoms with Crippen LogP contribution in [-0.4, -0.2) is 37.8 Å². The van der Waals surface area contributed by atoms with Crippen LogP contribution in [0.3, 0.4) is 0 Å². The van der Waals surface area contributed by atoms with E-state index in [4.69, 9.17) is 24.6 Å². The van der Waals surface area contributed by atoms with Gasteiger partial charge in [-0.25, -0.2) is 0 Å². The Morgan fingerprint density at radius 3 is 2.57 bits per heavy atom. The molecule has 148 valence electrons. The van der Waals surface area contributed by atoms with Crippen LogP contribution in [0.1, 0.15) is 55.8 Å². The summed E-state index contributed by atoms with van der Waals surface area (Å²) >= 11 is 0. The van der Waals surface area contributed by atoms with Crippen molar-refractivity contribution in [2.75, 3.05) is 27.2 Å². The van der Waals surface area contributed by atoms with Crippen molar-refractivity contribution in [2.45, 2.75) is 32.1 Å². The van der Waals surface area contributed by atoms with Crippen molar-refractivity contribution in [3.8, 4) is 11.5 Å². The van der Waals surface area contributed by atoms with Crippen LogP contribution in [-0.2, 0) is 12.9 Å². The number of ether oxygens (including phenoxy) is 2. The van der Waals surface area contributed by atoms with E-state index < -0.39 is 56.0 Å². The zero-order chi connectivity index (χ0) is 29.0. The molecule has 4 heteroatoms. The lowest BCUT2D eigenvalue weighted by molar-refractivity contribution is 0.0895. The van der Waals surface area contributed by atoms with E-state index in [9.17, 15) is 4.79 Å². The number of likely N-dealkylation sites (tertiary alicyclic amines) is 1. The molecule has 4 rings (SSSR count). The molecule has 1 fully saturated rings. The molecule has 0 amide bonds. The highest BCUT2D eigenvalue weighted by molar-refractivity contribution is 6.02. The fourth-order valence-electron chi connectivity index (χ4n) is 3.75. The third-order valence-electron chi connectivity index (χ3n) is 5.21. The quantitative estimate of drug-likeness (QED) is 0.735. The van der Waals surface area contributed by atoms with Gasteiger partial charge < -0.3 is 9.47 Å². The molecular formula is C24H29NO3. The summed E-state index contributed by atoms with van der Waals surface area (Å²) < 4.78 is 98.0. The number of ketones is 1. The SMILES string of the molecule is [2H]C([2H])([2H])Oc1cc2c(cc1OC([2H])([2H])[2H])C(=O)C([2H])(C([2H])([2H])C1CCN(C([2H])([2H])c3ccccc3)CC1)C2. The monoisotopic (exact) mass is 390 g/mol. The lowest BCUT2D eigenvalue weighted by Crippen LogP contribution is -2.34. The van der Waals surface area contributed by atoms with Crippen molar-refractivity contribution in [3.05, 3.63) is 59.2 Å². The summed E-state index contributed by atoms with van der Waals surface area (Å²) in [6.45, 7) is -1.33. The van der Waals surface area contributed by atoms with Gasteiger partial charge in [-0.1, -0.05) is 30.3 Å².